The summed E-state index contributed by atoms with van der Waals surface area (Å²) in [5, 5.41) is 11.3. The second-order valence-electron chi connectivity index (χ2n) is 15.2. The fourth-order valence-electron chi connectivity index (χ4n) is 5.48. The minimum absolute atomic E-state index is 0.0642. The first-order valence-electron chi connectivity index (χ1n) is 15.5. The Morgan fingerprint density at radius 1 is 0.705 bits per heavy atom. The number of aliphatic imine (C=N–C) groups is 1. The summed E-state index contributed by atoms with van der Waals surface area (Å²) >= 11 is 0. The van der Waals surface area contributed by atoms with Crippen molar-refractivity contribution in [1.82, 2.24) is 4.98 Å². The van der Waals surface area contributed by atoms with Gasteiger partial charge < -0.3 is 9.52 Å². The molecule has 0 aliphatic rings. The Balaban J connectivity index is 1.67. The van der Waals surface area contributed by atoms with Gasteiger partial charge in [-0.2, -0.15) is 0 Å². The van der Waals surface area contributed by atoms with Crippen molar-refractivity contribution >= 4 is 23.0 Å². The molecule has 1 heterocycles. The van der Waals surface area contributed by atoms with Crippen LogP contribution >= 0.6 is 0 Å². The summed E-state index contributed by atoms with van der Waals surface area (Å²) in [5.74, 6) is 0.787. The van der Waals surface area contributed by atoms with Crippen LogP contribution in [0.3, 0.4) is 0 Å². The molecule has 5 rings (SSSR count). The van der Waals surface area contributed by atoms with E-state index in [0.717, 1.165) is 44.6 Å². The third kappa shape index (κ3) is 6.22. The number of aryl methyl sites for hydroxylation is 2. The van der Waals surface area contributed by atoms with E-state index >= 15 is 0 Å². The topological polar surface area (TPSA) is 58.6 Å². The zero-order valence-electron chi connectivity index (χ0n) is 28.2. The molecule has 0 atom stereocenters. The third-order valence-corrected chi connectivity index (χ3v) is 8.33. The van der Waals surface area contributed by atoms with Crippen molar-refractivity contribution in [2.45, 2.75) is 92.4 Å². The van der Waals surface area contributed by atoms with E-state index in [1.54, 1.807) is 6.21 Å². The fourth-order valence-corrected chi connectivity index (χ4v) is 5.48. The van der Waals surface area contributed by atoms with Gasteiger partial charge in [0, 0.05) is 22.9 Å². The van der Waals surface area contributed by atoms with E-state index in [0.29, 0.717) is 11.5 Å². The van der Waals surface area contributed by atoms with Crippen molar-refractivity contribution in [1.29, 1.82) is 0 Å². The average molecular weight is 587 g/mol. The van der Waals surface area contributed by atoms with Gasteiger partial charge in [-0.25, -0.2) is 4.98 Å². The highest BCUT2D eigenvalue weighted by Crippen LogP contribution is 2.41. The maximum absolute atomic E-state index is 11.3. The highest BCUT2D eigenvalue weighted by atomic mass is 16.3. The van der Waals surface area contributed by atoms with Crippen LogP contribution in [0.25, 0.3) is 33.7 Å². The van der Waals surface area contributed by atoms with Crippen LogP contribution in [0, 0.1) is 13.8 Å². The smallest absolute Gasteiger partial charge is 0.229 e. The van der Waals surface area contributed by atoms with Gasteiger partial charge in [-0.15, -0.1) is 0 Å². The molecule has 44 heavy (non-hydrogen) atoms. The number of rotatable bonds is 4. The van der Waals surface area contributed by atoms with Crippen molar-refractivity contribution in [2.75, 3.05) is 0 Å². The monoisotopic (exact) mass is 586 g/mol. The molecular weight excluding hydrogens is 540 g/mol. The Labute approximate surface area is 262 Å². The van der Waals surface area contributed by atoms with E-state index in [2.05, 4.69) is 113 Å². The summed E-state index contributed by atoms with van der Waals surface area (Å²) in [7, 11) is 0. The van der Waals surface area contributed by atoms with Crippen LogP contribution in [-0.4, -0.2) is 16.3 Å². The van der Waals surface area contributed by atoms with Gasteiger partial charge >= 0.3 is 0 Å². The molecule has 0 fully saturated rings. The highest BCUT2D eigenvalue weighted by Gasteiger charge is 2.25. The van der Waals surface area contributed by atoms with Crippen LogP contribution in [0.4, 0.5) is 5.69 Å². The zero-order chi connectivity index (χ0) is 32.2. The molecular formula is C40H46N2O2. The summed E-state index contributed by atoms with van der Waals surface area (Å²) in [6.07, 6.45) is 1.76. The molecule has 4 heteroatoms. The minimum atomic E-state index is -0.219. The van der Waals surface area contributed by atoms with Gasteiger partial charge in [0.2, 0.25) is 5.89 Å². The molecule has 1 N–H and O–H groups in total. The van der Waals surface area contributed by atoms with Crippen molar-refractivity contribution in [3.8, 4) is 28.3 Å². The first-order valence-corrected chi connectivity index (χ1v) is 15.5. The number of para-hydroxylation sites is 1. The fraction of sp³-hybridized carbons (Fsp3) is 0.350. The number of oxazole rings is 1. The summed E-state index contributed by atoms with van der Waals surface area (Å²) in [4.78, 5) is 10.00. The Bertz CT molecular complexity index is 1890. The average Bonchev–Trinajstić information content (AvgIpc) is 3.36. The molecule has 0 bridgehead atoms. The lowest BCUT2D eigenvalue weighted by molar-refractivity contribution is 0.444. The number of nitrogens with zero attached hydrogens (tertiary/aromatic N) is 2. The molecule has 0 spiro atoms. The van der Waals surface area contributed by atoms with Gasteiger partial charge in [-0.1, -0.05) is 104 Å². The number of aromatic nitrogens is 1. The Hall–Kier alpha value is -4.18. The maximum atomic E-state index is 11.3. The van der Waals surface area contributed by atoms with Gasteiger partial charge in [-0.3, -0.25) is 4.99 Å². The predicted octanol–water partition coefficient (Wildman–Crippen LogP) is 11.1. The molecule has 228 valence electrons. The van der Waals surface area contributed by atoms with E-state index in [-0.39, 0.29) is 22.0 Å². The van der Waals surface area contributed by atoms with Gasteiger partial charge in [0.25, 0.3) is 0 Å². The second-order valence-corrected chi connectivity index (χ2v) is 15.2. The number of benzene rings is 4. The zero-order valence-corrected chi connectivity index (χ0v) is 28.2. The molecule has 0 radical (unpaired) electrons. The van der Waals surface area contributed by atoms with Crippen LogP contribution < -0.4 is 0 Å². The number of phenolic OH excluding ortho intramolecular Hbond substituents is 1. The normalized spacial score (nSPS) is 12.9. The Kier molecular flexibility index (Phi) is 7.86. The maximum Gasteiger partial charge on any atom is 0.229 e. The molecule has 0 aliphatic carbocycles. The molecule has 4 nitrogen and oxygen atoms in total. The van der Waals surface area contributed by atoms with Crippen molar-refractivity contribution in [2.24, 2.45) is 4.99 Å². The lowest BCUT2D eigenvalue weighted by Gasteiger charge is -2.27. The molecule has 0 unspecified atom stereocenters. The van der Waals surface area contributed by atoms with Crippen molar-refractivity contribution in [3.63, 3.8) is 0 Å². The number of hydrogen-bond acceptors (Lipinski definition) is 4. The second kappa shape index (κ2) is 11.1. The molecule has 0 amide bonds. The third-order valence-electron chi connectivity index (χ3n) is 8.33. The quantitative estimate of drug-likeness (QED) is 0.213. The van der Waals surface area contributed by atoms with E-state index in [1.165, 1.54) is 16.7 Å². The molecule has 4 aromatic carbocycles. The van der Waals surface area contributed by atoms with Crippen LogP contribution in [0.1, 0.15) is 95.7 Å². The van der Waals surface area contributed by atoms with E-state index in [4.69, 9.17) is 14.4 Å². The van der Waals surface area contributed by atoms with Gasteiger partial charge in [0.15, 0.2) is 5.58 Å². The summed E-state index contributed by atoms with van der Waals surface area (Å²) in [6.45, 7) is 23.8. The van der Waals surface area contributed by atoms with E-state index in [9.17, 15) is 5.11 Å². The summed E-state index contributed by atoms with van der Waals surface area (Å²) in [6, 6.07) is 23.0. The predicted molar refractivity (Wildman–Crippen MR) is 186 cm³/mol. The molecule has 1 aromatic heterocycles. The largest absolute Gasteiger partial charge is 0.507 e. The number of aromatic hydroxyl groups is 1. The Morgan fingerprint density at radius 3 is 2.02 bits per heavy atom. The van der Waals surface area contributed by atoms with E-state index < -0.39 is 0 Å². The molecule has 0 aliphatic heterocycles. The van der Waals surface area contributed by atoms with Crippen molar-refractivity contribution < 1.29 is 9.52 Å². The van der Waals surface area contributed by atoms with E-state index in [1.807, 2.05) is 30.3 Å². The van der Waals surface area contributed by atoms with Crippen LogP contribution in [0.15, 0.2) is 76.1 Å². The van der Waals surface area contributed by atoms with Gasteiger partial charge in [0.1, 0.15) is 11.3 Å². The Morgan fingerprint density at radius 2 is 1.36 bits per heavy atom. The molecule has 0 saturated heterocycles. The first kappa shape index (κ1) is 31.3. The number of hydrogen-bond donors (Lipinski definition) is 1. The van der Waals surface area contributed by atoms with Crippen LogP contribution in [0.5, 0.6) is 5.75 Å². The van der Waals surface area contributed by atoms with Crippen molar-refractivity contribution in [3.05, 3.63) is 100 Å². The van der Waals surface area contributed by atoms with Gasteiger partial charge in [0.05, 0.1) is 11.3 Å². The molecule has 0 saturated carbocycles. The molecule has 5 aromatic rings. The summed E-state index contributed by atoms with van der Waals surface area (Å²) in [5.41, 5.74) is 11.3. The standard InChI is InChI=1S/C40H46N2O2/c1-24-16-17-25(2)30(18-24)31-20-28(39(6,7)8)22-34-35(31)42-37(44-34)29-14-12-13-15-33(29)41-23-26-19-27(38(3,4)5)21-32(36(26)43)40(9,10)11/h12-23,43H,1-11H3. The minimum Gasteiger partial charge on any atom is -0.507 e. The first-order chi connectivity index (χ1) is 20.4. The SMILES string of the molecule is Cc1ccc(C)c(-c2cc(C(C)(C)C)cc3oc(-c4ccccc4N=Cc4cc(C(C)(C)C)cc(C(C)(C)C)c4O)nc23)c1. The van der Waals surface area contributed by atoms with Crippen LogP contribution in [0.2, 0.25) is 0 Å². The highest BCUT2D eigenvalue weighted by molar-refractivity contribution is 5.95. The number of phenols is 1. The summed E-state index contributed by atoms with van der Waals surface area (Å²) < 4.78 is 6.53. The van der Waals surface area contributed by atoms with Gasteiger partial charge in [-0.05, 0) is 82.7 Å². The number of fused-ring (bicyclic) bond motifs is 1. The lowest BCUT2D eigenvalue weighted by atomic mass is 9.79. The van der Waals surface area contributed by atoms with Crippen LogP contribution in [-0.2, 0) is 16.2 Å². The lowest BCUT2D eigenvalue weighted by Crippen LogP contribution is -2.17.